The van der Waals surface area contributed by atoms with Gasteiger partial charge in [0.25, 0.3) is 0 Å². The standard InChI is InChI=1S/C20H23N3O/c1-2-8-17(9-3-1)16-23-19-11-5-4-10-18(19)20(21-23)24-15-14-22-12-6-7-13-22/h1-5,8-11H,6-7,12-16H2. The van der Waals surface area contributed by atoms with E-state index in [1.807, 2.05) is 16.8 Å². The summed E-state index contributed by atoms with van der Waals surface area (Å²) in [6.07, 6.45) is 2.63. The number of hydrogen-bond donors (Lipinski definition) is 0. The zero-order valence-electron chi connectivity index (χ0n) is 13.9. The number of benzene rings is 2. The highest BCUT2D eigenvalue weighted by atomic mass is 16.5. The lowest BCUT2D eigenvalue weighted by Gasteiger charge is -2.13. The van der Waals surface area contributed by atoms with Crippen molar-refractivity contribution in [3.8, 4) is 5.88 Å². The molecule has 0 amide bonds. The molecule has 24 heavy (non-hydrogen) atoms. The fourth-order valence-electron chi connectivity index (χ4n) is 3.36. The molecular weight excluding hydrogens is 298 g/mol. The van der Waals surface area contributed by atoms with Crippen molar-refractivity contribution in [2.75, 3.05) is 26.2 Å². The van der Waals surface area contributed by atoms with Crippen LogP contribution in [0.25, 0.3) is 10.9 Å². The summed E-state index contributed by atoms with van der Waals surface area (Å²) in [4.78, 5) is 2.46. The van der Waals surface area contributed by atoms with Crippen LogP contribution in [0.5, 0.6) is 5.88 Å². The summed E-state index contributed by atoms with van der Waals surface area (Å²) in [5, 5.41) is 5.82. The third-order valence-corrected chi connectivity index (χ3v) is 4.64. The van der Waals surface area contributed by atoms with Crippen LogP contribution in [0.2, 0.25) is 0 Å². The molecule has 0 unspecified atom stereocenters. The van der Waals surface area contributed by atoms with Crippen molar-refractivity contribution in [3.05, 3.63) is 60.2 Å². The zero-order chi connectivity index (χ0) is 16.2. The Morgan fingerprint density at radius 1 is 0.917 bits per heavy atom. The Morgan fingerprint density at radius 2 is 1.67 bits per heavy atom. The molecular formula is C20H23N3O. The molecule has 0 spiro atoms. The monoisotopic (exact) mass is 321 g/mol. The Bertz CT molecular complexity index is 791. The lowest BCUT2D eigenvalue weighted by Crippen LogP contribution is -2.25. The molecule has 0 aliphatic carbocycles. The van der Waals surface area contributed by atoms with E-state index < -0.39 is 0 Å². The Balaban J connectivity index is 1.52. The van der Waals surface area contributed by atoms with Gasteiger partial charge in [-0.25, -0.2) is 0 Å². The van der Waals surface area contributed by atoms with Crippen molar-refractivity contribution in [2.45, 2.75) is 19.4 Å². The minimum Gasteiger partial charge on any atom is -0.475 e. The number of aromatic nitrogens is 2. The van der Waals surface area contributed by atoms with Crippen LogP contribution in [0, 0.1) is 0 Å². The topological polar surface area (TPSA) is 30.3 Å². The number of fused-ring (bicyclic) bond motifs is 1. The first-order valence-electron chi connectivity index (χ1n) is 8.75. The van der Waals surface area contributed by atoms with Gasteiger partial charge in [-0.3, -0.25) is 9.58 Å². The SMILES string of the molecule is c1ccc(Cn2nc(OCCN3CCCC3)c3ccccc32)cc1. The molecule has 0 radical (unpaired) electrons. The highest BCUT2D eigenvalue weighted by Crippen LogP contribution is 2.25. The fraction of sp³-hybridized carbons (Fsp3) is 0.350. The van der Waals surface area contributed by atoms with Gasteiger partial charge in [0.05, 0.1) is 17.4 Å². The second kappa shape index (κ2) is 7.05. The van der Waals surface area contributed by atoms with Gasteiger partial charge in [-0.2, -0.15) is 0 Å². The maximum absolute atomic E-state index is 6.03. The Hall–Kier alpha value is -2.33. The molecule has 2 aromatic carbocycles. The number of para-hydroxylation sites is 1. The van der Waals surface area contributed by atoms with Gasteiger partial charge >= 0.3 is 0 Å². The molecule has 1 aromatic heterocycles. The maximum Gasteiger partial charge on any atom is 0.240 e. The van der Waals surface area contributed by atoms with E-state index in [-0.39, 0.29) is 0 Å². The summed E-state index contributed by atoms with van der Waals surface area (Å²) in [5.41, 5.74) is 2.37. The molecule has 1 saturated heterocycles. The predicted octanol–water partition coefficient (Wildman–Crippen LogP) is 3.56. The van der Waals surface area contributed by atoms with E-state index in [0.717, 1.165) is 29.9 Å². The third kappa shape index (κ3) is 3.29. The van der Waals surface area contributed by atoms with Crippen LogP contribution in [0.3, 0.4) is 0 Å². The first kappa shape index (κ1) is 15.2. The van der Waals surface area contributed by atoms with E-state index in [1.165, 1.54) is 31.5 Å². The average Bonchev–Trinajstić information content (AvgIpc) is 3.25. The van der Waals surface area contributed by atoms with Crippen LogP contribution in [0.1, 0.15) is 18.4 Å². The summed E-state index contributed by atoms with van der Waals surface area (Å²) in [5.74, 6) is 0.751. The Kier molecular flexibility index (Phi) is 4.47. The molecule has 0 N–H and O–H groups in total. The van der Waals surface area contributed by atoms with Gasteiger partial charge in [-0.1, -0.05) is 42.5 Å². The van der Waals surface area contributed by atoms with Crippen LogP contribution >= 0.6 is 0 Å². The summed E-state index contributed by atoms with van der Waals surface area (Å²) in [6.45, 7) is 4.85. The van der Waals surface area contributed by atoms with Crippen LogP contribution in [-0.2, 0) is 6.54 Å². The summed E-state index contributed by atoms with van der Waals surface area (Å²) in [7, 11) is 0. The van der Waals surface area contributed by atoms with Crippen molar-refractivity contribution in [1.82, 2.24) is 14.7 Å². The highest BCUT2D eigenvalue weighted by Gasteiger charge is 2.14. The second-order valence-corrected chi connectivity index (χ2v) is 6.36. The van der Waals surface area contributed by atoms with Gasteiger partial charge in [0.1, 0.15) is 6.61 Å². The van der Waals surface area contributed by atoms with Crippen molar-refractivity contribution in [1.29, 1.82) is 0 Å². The summed E-state index contributed by atoms with van der Waals surface area (Å²) >= 11 is 0. The second-order valence-electron chi connectivity index (χ2n) is 6.36. The molecule has 1 aliphatic heterocycles. The number of ether oxygens (including phenoxy) is 1. The molecule has 0 bridgehead atoms. The normalized spacial score (nSPS) is 15.2. The predicted molar refractivity (Wildman–Crippen MR) is 96.4 cm³/mol. The maximum atomic E-state index is 6.03. The number of rotatable bonds is 6. The van der Waals surface area contributed by atoms with Gasteiger partial charge in [0, 0.05) is 6.54 Å². The van der Waals surface area contributed by atoms with Gasteiger partial charge in [0.15, 0.2) is 0 Å². The van der Waals surface area contributed by atoms with E-state index in [9.17, 15) is 0 Å². The minimum atomic E-state index is 0.701. The third-order valence-electron chi connectivity index (χ3n) is 4.64. The van der Waals surface area contributed by atoms with E-state index in [1.54, 1.807) is 0 Å². The van der Waals surface area contributed by atoms with Gasteiger partial charge in [0.2, 0.25) is 5.88 Å². The molecule has 4 nitrogen and oxygen atoms in total. The largest absolute Gasteiger partial charge is 0.475 e. The Morgan fingerprint density at radius 3 is 2.50 bits per heavy atom. The molecule has 4 rings (SSSR count). The highest BCUT2D eigenvalue weighted by molar-refractivity contribution is 5.84. The first-order valence-corrected chi connectivity index (χ1v) is 8.75. The van der Waals surface area contributed by atoms with Crippen molar-refractivity contribution in [2.24, 2.45) is 0 Å². The number of nitrogens with zero attached hydrogens (tertiary/aromatic N) is 3. The molecule has 4 heteroatoms. The Labute approximate surface area is 142 Å². The molecule has 0 saturated carbocycles. The van der Waals surface area contributed by atoms with E-state index >= 15 is 0 Å². The smallest absolute Gasteiger partial charge is 0.240 e. The number of likely N-dealkylation sites (tertiary alicyclic amines) is 1. The van der Waals surface area contributed by atoms with E-state index in [2.05, 4.69) is 47.4 Å². The summed E-state index contributed by atoms with van der Waals surface area (Å²) < 4.78 is 8.06. The summed E-state index contributed by atoms with van der Waals surface area (Å²) in [6, 6.07) is 18.7. The van der Waals surface area contributed by atoms with Crippen LogP contribution in [0.15, 0.2) is 54.6 Å². The molecule has 124 valence electrons. The number of hydrogen-bond acceptors (Lipinski definition) is 3. The lowest BCUT2D eigenvalue weighted by molar-refractivity contribution is 0.232. The average molecular weight is 321 g/mol. The van der Waals surface area contributed by atoms with Crippen molar-refractivity contribution in [3.63, 3.8) is 0 Å². The van der Waals surface area contributed by atoms with Gasteiger partial charge in [-0.05, 0) is 43.6 Å². The van der Waals surface area contributed by atoms with Crippen molar-refractivity contribution >= 4 is 10.9 Å². The minimum absolute atomic E-state index is 0.701. The van der Waals surface area contributed by atoms with Crippen LogP contribution in [0.4, 0.5) is 0 Å². The van der Waals surface area contributed by atoms with E-state index in [0.29, 0.717) is 6.61 Å². The molecule has 1 aliphatic rings. The molecule has 1 fully saturated rings. The van der Waals surface area contributed by atoms with Crippen LogP contribution in [-0.4, -0.2) is 40.9 Å². The van der Waals surface area contributed by atoms with Gasteiger partial charge in [-0.15, -0.1) is 5.10 Å². The van der Waals surface area contributed by atoms with Gasteiger partial charge < -0.3 is 4.74 Å². The lowest BCUT2D eigenvalue weighted by atomic mass is 10.2. The molecule has 2 heterocycles. The quantitative estimate of drug-likeness (QED) is 0.695. The van der Waals surface area contributed by atoms with E-state index in [4.69, 9.17) is 9.84 Å². The molecule has 0 atom stereocenters. The van der Waals surface area contributed by atoms with Crippen LogP contribution < -0.4 is 4.74 Å². The molecule has 3 aromatic rings. The zero-order valence-corrected chi connectivity index (χ0v) is 13.9. The van der Waals surface area contributed by atoms with Crippen molar-refractivity contribution < 1.29 is 4.74 Å². The first-order chi connectivity index (χ1) is 11.9. The fourth-order valence-corrected chi connectivity index (χ4v) is 3.36.